The molecule has 7 rings (SSSR count). The Bertz CT molecular complexity index is 1960. The van der Waals surface area contributed by atoms with E-state index in [-0.39, 0.29) is 42.9 Å². The Kier molecular flexibility index (Phi) is 8.34. The minimum absolute atomic E-state index is 0.106. The molecule has 49 heavy (non-hydrogen) atoms. The van der Waals surface area contributed by atoms with E-state index in [0.717, 1.165) is 6.20 Å². The van der Waals surface area contributed by atoms with E-state index >= 15 is 4.39 Å². The Morgan fingerprint density at radius 1 is 1.14 bits per heavy atom. The highest BCUT2D eigenvalue weighted by molar-refractivity contribution is 6.09. The Hall–Kier alpha value is -4.56. The van der Waals surface area contributed by atoms with Gasteiger partial charge in [0, 0.05) is 35.5 Å². The van der Waals surface area contributed by atoms with Crippen LogP contribution in [0.2, 0.25) is 0 Å². The number of carbonyl (C=O) groups excluding carboxylic acids is 2. The third-order valence-electron chi connectivity index (χ3n) is 9.61. The SMILES string of the molecule is CC(C)Cc1nc2c(cnn2[C@H]2[C@H](F)CN(C3COC3)CC2(C)C)c(-c2ccc3c(c2)OCC(=O)N3Cc2ncc(F)cc2F)c1C(N)=O. The summed E-state index contributed by atoms with van der Waals surface area (Å²) in [6, 6.07) is 5.29. The van der Waals surface area contributed by atoms with Crippen LogP contribution >= 0.6 is 0 Å². The molecule has 3 aliphatic heterocycles. The van der Waals surface area contributed by atoms with Crippen LogP contribution in [-0.2, 0) is 22.5 Å². The number of rotatable bonds is 8. The summed E-state index contributed by atoms with van der Waals surface area (Å²) in [6.45, 7) is 9.56. The van der Waals surface area contributed by atoms with Gasteiger partial charge in [0.15, 0.2) is 12.3 Å². The molecule has 0 saturated carbocycles. The highest BCUT2D eigenvalue weighted by Gasteiger charge is 2.47. The number of piperidine rings is 1. The van der Waals surface area contributed by atoms with Gasteiger partial charge in [0.05, 0.1) is 66.9 Å². The lowest BCUT2D eigenvalue weighted by Crippen LogP contribution is -2.60. The summed E-state index contributed by atoms with van der Waals surface area (Å²) < 4.78 is 57.1. The van der Waals surface area contributed by atoms with Crippen LogP contribution in [0.5, 0.6) is 5.75 Å². The summed E-state index contributed by atoms with van der Waals surface area (Å²) in [6.07, 6.45) is 1.66. The van der Waals surface area contributed by atoms with Crippen molar-refractivity contribution in [1.82, 2.24) is 24.6 Å². The molecule has 2 N–H and O–H groups in total. The fourth-order valence-electron chi connectivity index (χ4n) is 7.34. The largest absolute Gasteiger partial charge is 0.482 e. The first-order valence-corrected chi connectivity index (χ1v) is 16.4. The van der Waals surface area contributed by atoms with Gasteiger partial charge in [0.2, 0.25) is 0 Å². The average Bonchev–Trinajstić information content (AvgIpc) is 3.39. The molecule has 0 bridgehead atoms. The van der Waals surface area contributed by atoms with Crippen LogP contribution in [0.25, 0.3) is 22.2 Å². The number of ether oxygens (including phenoxy) is 2. The summed E-state index contributed by atoms with van der Waals surface area (Å²) in [5.74, 6) is -2.41. The minimum atomic E-state index is -1.25. The van der Waals surface area contributed by atoms with E-state index in [4.69, 9.17) is 25.3 Å². The van der Waals surface area contributed by atoms with Crippen molar-refractivity contribution < 1.29 is 32.2 Å². The standard InChI is InChI=1S/C35H38F3N7O4/c1-18(2)7-25-31(33(39)47)30(19-5-6-27-28(8-19)49-16-29(46)44(27)13-26-23(37)9-20(36)10-40-26)22-11-41-45(34(22)42-25)32-24(38)12-43(17-35(32,3)4)21-14-48-15-21/h5-6,8-11,18,21,24,32H,7,12-17H2,1-4H3,(H2,39,47)/t24-,32+/m1/s1. The Morgan fingerprint density at radius 2 is 1.92 bits per heavy atom. The maximum absolute atomic E-state index is 16.3. The maximum atomic E-state index is 16.3. The quantitative estimate of drug-likeness (QED) is 0.286. The molecule has 0 radical (unpaired) electrons. The van der Waals surface area contributed by atoms with Gasteiger partial charge in [-0.2, -0.15) is 5.10 Å². The van der Waals surface area contributed by atoms with Crippen molar-refractivity contribution in [3.8, 4) is 16.9 Å². The zero-order valence-electron chi connectivity index (χ0n) is 27.8. The monoisotopic (exact) mass is 677 g/mol. The number of anilines is 1. The molecule has 11 nitrogen and oxygen atoms in total. The van der Waals surface area contributed by atoms with Gasteiger partial charge in [-0.05, 0) is 30.0 Å². The highest BCUT2D eigenvalue weighted by Crippen LogP contribution is 2.45. The lowest BCUT2D eigenvalue weighted by atomic mass is 9.77. The molecule has 2 saturated heterocycles. The van der Waals surface area contributed by atoms with Crippen LogP contribution < -0.4 is 15.4 Å². The summed E-state index contributed by atoms with van der Waals surface area (Å²) in [7, 11) is 0. The number of carbonyl (C=O) groups is 2. The van der Waals surface area contributed by atoms with Gasteiger partial charge in [0.25, 0.3) is 11.8 Å². The third kappa shape index (κ3) is 5.90. The molecule has 258 valence electrons. The fraction of sp³-hybridized carbons (Fsp3) is 0.457. The molecule has 3 aliphatic rings. The van der Waals surface area contributed by atoms with Gasteiger partial charge >= 0.3 is 0 Å². The molecule has 3 aromatic heterocycles. The number of nitrogens with zero attached hydrogens (tertiary/aromatic N) is 6. The van der Waals surface area contributed by atoms with Crippen molar-refractivity contribution in [3.05, 3.63) is 65.2 Å². The number of amides is 2. The number of pyridine rings is 2. The van der Waals surface area contributed by atoms with Crippen LogP contribution in [0.4, 0.5) is 18.9 Å². The van der Waals surface area contributed by atoms with Gasteiger partial charge in [-0.3, -0.25) is 24.4 Å². The summed E-state index contributed by atoms with van der Waals surface area (Å²) >= 11 is 0. The van der Waals surface area contributed by atoms with Gasteiger partial charge in [0.1, 0.15) is 23.6 Å². The first-order valence-electron chi connectivity index (χ1n) is 16.4. The first kappa shape index (κ1) is 33.0. The molecule has 0 unspecified atom stereocenters. The smallest absolute Gasteiger partial charge is 0.265 e. The molecule has 2 fully saturated rings. The summed E-state index contributed by atoms with van der Waals surface area (Å²) in [4.78, 5) is 38.4. The van der Waals surface area contributed by atoms with Crippen LogP contribution in [0, 0.1) is 23.0 Å². The fourth-order valence-corrected chi connectivity index (χ4v) is 7.34. The van der Waals surface area contributed by atoms with Gasteiger partial charge in [-0.25, -0.2) is 22.8 Å². The summed E-state index contributed by atoms with van der Waals surface area (Å²) in [5.41, 5.74) is 7.90. The molecule has 2 amide bonds. The zero-order valence-corrected chi connectivity index (χ0v) is 27.8. The van der Waals surface area contributed by atoms with Crippen molar-refractivity contribution in [1.29, 1.82) is 0 Å². The number of aromatic nitrogens is 4. The number of halogens is 3. The predicted molar refractivity (Wildman–Crippen MR) is 175 cm³/mol. The van der Waals surface area contributed by atoms with Crippen molar-refractivity contribution in [2.45, 2.75) is 58.9 Å². The molecular formula is C35H38F3N7O4. The number of benzene rings is 1. The first-order chi connectivity index (χ1) is 23.3. The maximum Gasteiger partial charge on any atom is 0.265 e. The van der Waals surface area contributed by atoms with Crippen LogP contribution in [0.1, 0.15) is 55.5 Å². The van der Waals surface area contributed by atoms with Crippen molar-refractivity contribution >= 4 is 28.5 Å². The lowest BCUT2D eigenvalue weighted by Gasteiger charge is -2.50. The number of primary amides is 1. The normalized spacial score (nSPS) is 21.1. The molecule has 6 heterocycles. The van der Waals surface area contributed by atoms with Crippen molar-refractivity contribution in [2.75, 3.05) is 37.8 Å². The van der Waals surface area contributed by atoms with Crippen LogP contribution in [0.3, 0.4) is 0 Å². The second kappa shape index (κ2) is 12.4. The van der Waals surface area contributed by atoms with E-state index in [0.29, 0.717) is 71.5 Å². The van der Waals surface area contributed by atoms with E-state index in [1.54, 1.807) is 29.1 Å². The van der Waals surface area contributed by atoms with E-state index < -0.39 is 41.1 Å². The summed E-state index contributed by atoms with van der Waals surface area (Å²) in [5, 5.41) is 5.23. The molecule has 2 atom stereocenters. The van der Waals surface area contributed by atoms with E-state index in [1.165, 1.54) is 4.90 Å². The number of likely N-dealkylation sites (tertiary alicyclic amines) is 1. The number of nitrogens with two attached hydrogens (primary N) is 1. The van der Waals surface area contributed by atoms with E-state index in [2.05, 4.69) is 9.88 Å². The van der Waals surface area contributed by atoms with E-state index in [1.807, 2.05) is 27.7 Å². The Morgan fingerprint density at radius 3 is 2.57 bits per heavy atom. The molecule has 1 aromatic carbocycles. The van der Waals surface area contributed by atoms with Crippen LogP contribution in [0.15, 0.2) is 36.7 Å². The minimum Gasteiger partial charge on any atom is -0.482 e. The number of fused-ring (bicyclic) bond motifs is 2. The molecule has 4 aromatic rings. The average molecular weight is 678 g/mol. The Labute approximate surface area is 281 Å². The van der Waals surface area contributed by atoms with Crippen molar-refractivity contribution in [2.24, 2.45) is 17.1 Å². The van der Waals surface area contributed by atoms with E-state index in [9.17, 15) is 18.4 Å². The molecule has 0 aliphatic carbocycles. The molecular weight excluding hydrogens is 639 g/mol. The van der Waals surface area contributed by atoms with Gasteiger partial charge in [-0.1, -0.05) is 33.8 Å². The predicted octanol–water partition coefficient (Wildman–Crippen LogP) is 4.61. The third-order valence-corrected chi connectivity index (χ3v) is 9.61. The van der Waals surface area contributed by atoms with Crippen LogP contribution in [-0.4, -0.2) is 81.6 Å². The number of hydrogen-bond acceptors (Lipinski definition) is 8. The van der Waals surface area contributed by atoms with Gasteiger partial charge < -0.3 is 15.2 Å². The van der Waals surface area contributed by atoms with Crippen molar-refractivity contribution in [3.63, 3.8) is 0 Å². The second-order valence-corrected chi connectivity index (χ2v) is 14.2. The second-order valence-electron chi connectivity index (χ2n) is 14.2. The lowest BCUT2D eigenvalue weighted by molar-refractivity contribution is -0.121. The van der Waals surface area contributed by atoms with Gasteiger partial charge in [-0.15, -0.1) is 0 Å². The number of hydrogen-bond donors (Lipinski definition) is 1. The zero-order chi connectivity index (χ0) is 34.8. The molecule has 0 spiro atoms. The topological polar surface area (TPSA) is 129 Å². The Balaban J connectivity index is 1.35. The molecule has 14 heteroatoms. The number of alkyl halides is 1. The highest BCUT2D eigenvalue weighted by atomic mass is 19.1.